The number of hydrogen-bond acceptors (Lipinski definition) is 4. The van der Waals surface area contributed by atoms with E-state index in [1.165, 1.54) is 19.2 Å². The number of halogens is 1. The predicted molar refractivity (Wildman–Crippen MR) is 49.3 cm³/mol. The van der Waals surface area contributed by atoms with Gasteiger partial charge in [-0.3, -0.25) is 4.79 Å². The third kappa shape index (κ3) is 3.05. The molecular formula is C10H9FO4. The van der Waals surface area contributed by atoms with Gasteiger partial charge in [-0.25, -0.2) is 9.18 Å². The van der Waals surface area contributed by atoms with E-state index in [9.17, 15) is 14.0 Å². The van der Waals surface area contributed by atoms with Gasteiger partial charge in [0.05, 0.1) is 7.11 Å². The molecule has 0 saturated heterocycles. The van der Waals surface area contributed by atoms with Gasteiger partial charge in [0.2, 0.25) is 0 Å². The Morgan fingerprint density at radius 1 is 1.53 bits per heavy atom. The maximum atomic E-state index is 13.1. The third-order valence-corrected chi connectivity index (χ3v) is 1.66. The zero-order chi connectivity index (χ0) is 11.3. The molecule has 0 radical (unpaired) electrons. The monoisotopic (exact) mass is 212 g/mol. The van der Waals surface area contributed by atoms with E-state index in [-0.39, 0.29) is 11.3 Å². The minimum atomic E-state index is -0.635. The molecule has 15 heavy (non-hydrogen) atoms. The SMILES string of the molecule is COC(=O)COc1cc(C=O)ccc1F. The smallest absolute Gasteiger partial charge is 0.343 e. The van der Waals surface area contributed by atoms with E-state index in [1.807, 2.05) is 0 Å². The second-order valence-electron chi connectivity index (χ2n) is 2.67. The molecule has 1 aromatic rings. The quantitative estimate of drug-likeness (QED) is 0.555. The molecule has 0 N–H and O–H groups in total. The van der Waals surface area contributed by atoms with Gasteiger partial charge in [0.15, 0.2) is 18.2 Å². The van der Waals surface area contributed by atoms with Gasteiger partial charge in [-0.1, -0.05) is 0 Å². The average Bonchev–Trinajstić information content (AvgIpc) is 2.27. The van der Waals surface area contributed by atoms with Crippen LogP contribution in [-0.2, 0) is 9.53 Å². The summed E-state index contributed by atoms with van der Waals surface area (Å²) in [7, 11) is 1.20. The third-order valence-electron chi connectivity index (χ3n) is 1.66. The lowest BCUT2D eigenvalue weighted by Crippen LogP contribution is -2.13. The number of aldehydes is 1. The lowest BCUT2D eigenvalue weighted by Gasteiger charge is -2.05. The first-order valence-corrected chi connectivity index (χ1v) is 4.11. The van der Waals surface area contributed by atoms with E-state index in [0.29, 0.717) is 6.29 Å². The molecule has 0 spiro atoms. The second-order valence-corrected chi connectivity index (χ2v) is 2.67. The maximum Gasteiger partial charge on any atom is 0.343 e. The Balaban J connectivity index is 2.75. The normalized spacial score (nSPS) is 9.47. The van der Waals surface area contributed by atoms with Crippen molar-refractivity contribution in [3.8, 4) is 5.75 Å². The van der Waals surface area contributed by atoms with Gasteiger partial charge < -0.3 is 9.47 Å². The Morgan fingerprint density at radius 3 is 2.87 bits per heavy atom. The first-order chi connectivity index (χ1) is 7.17. The average molecular weight is 212 g/mol. The van der Waals surface area contributed by atoms with E-state index in [1.54, 1.807) is 0 Å². The molecule has 0 aliphatic carbocycles. The van der Waals surface area contributed by atoms with Crippen molar-refractivity contribution in [3.05, 3.63) is 29.6 Å². The van der Waals surface area contributed by atoms with E-state index in [2.05, 4.69) is 4.74 Å². The standard InChI is InChI=1S/C10H9FO4/c1-14-10(13)6-15-9-4-7(5-12)2-3-8(9)11/h2-5H,6H2,1H3. The van der Waals surface area contributed by atoms with E-state index >= 15 is 0 Å². The Bertz CT molecular complexity index is 376. The molecule has 0 aromatic heterocycles. The fourth-order valence-corrected chi connectivity index (χ4v) is 0.899. The van der Waals surface area contributed by atoms with Gasteiger partial charge in [-0.15, -0.1) is 0 Å². The topological polar surface area (TPSA) is 52.6 Å². The summed E-state index contributed by atoms with van der Waals surface area (Å²) < 4.78 is 22.2. The molecule has 0 unspecified atom stereocenters. The Labute approximate surface area is 85.6 Å². The van der Waals surface area contributed by atoms with Crippen LogP contribution in [0.2, 0.25) is 0 Å². The molecule has 1 rings (SSSR count). The summed E-state index contributed by atoms with van der Waals surface area (Å²) in [5.41, 5.74) is 0.274. The number of esters is 1. The highest BCUT2D eigenvalue weighted by molar-refractivity contribution is 5.75. The highest BCUT2D eigenvalue weighted by Gasteiger charge is 2.07. The van der Waals surface area contributed by atoms with Gasteiger partial charge in [0.25, 0.3) is 0 Å². The van der Waals surface area contributed by atoms with Crippen LogP contribution >= 0.6 is 0 Å². The number of methoxy groups -OCH3 is 1. The number of benzene rings is 1. The molecule has 0 fully saturated rings. The van der Waals surface area contributed by atoms with Gasteiger partial charge in [0, 0.05) is 5.56 Å². The second kappa shape index (κ2) is 5.09. The van der Waals surface area contributed by atoms with Gasteiger partial charge in [0.1, 0.15) is 6.29 Å². The molecule has 4 nitrogen and oxygen atoms in total. The van der Waals surface area contributed by atoms with E-state index in [0.717, 1.165) is 6.07 Å². The van der Waals surface area contributed by atoms with Crippen LogP contribution in [0.3, 0.4) is 0 Å². The van der Waals surface area contributed by atoms with Crippen LogP contribution in [-0.4, -0.2) is 26.0 Å². The summed E-state index contributed by atoms with van der Waals surface area (Å²) in [5.74, 6) is -1.40. The minimum Gasteiger partial charge on any atom is -0.479 e. The first kappa shape index (κ1) is 11.2. The van der Waals surface area contributed by atoms with Crippen molar-refractivity contribution in [3.63, 3.8) is 0 Å². The van der Waals surface area contributed by atoms with Crippen LogP contribution in [0.1, 0.15) is 10.4 Å². The Hall–Kier alpha value is -1.91. The summed E-state index contributed by atoms with van der Waals surface area (Å²) in [4.78, 5) is 21.1. The van der Waals surface area contributed by atoms with Crippen LogP contribution in [0, 0.1) is 5.82 Å². The first-order valence-electron chi connectivity index (χ1n) is 4.11. The number of ether oxygens (including phenoxy) is 2. The Morgan fingerprint density at radius 2 is 2.27 bits per heavy atom. The molecule has 5 heteroatoms. The van der Waals surface area contributed by atoms with Crippen LogP contribution in [0.25, 0.3) is 0 Å². The van der Waals surface area contributed by atoms with E-state index < -0.39 is 18.4 Å². The fraction of sp³-hybridized carbons (Fsp3) is 0.200. The van der Waals surface area contributed by atoms with Crippen LogP contribution in [0.4, 0.5) is 4.39 Å². The molecule has 0 aliphatic rings. The number of carbonyl (C=O) groups excluding carboxylic acids is 2. The largest absolute Gasteiger partial charge is 0.479 e. The predicted octanol–water partition coefficient (Wildman–Crippen LogP) is 1.19. The molecule has 0 saturated carbocycles. The van der Waals surface area contributed by atoms with Crippen molar-refractivity contribution in [2.75, 3.05) is 13.7 Å². The molecule has 0 amide bonds. The summed E-state index contributed by atoms with van der Waals surface area (Å²) in [6, 6.07) is 3.62. The van der Waals surface area contributed by atoms with Crippen LogP contribution in [0.15, 0.2) is 18.2 Å². The van der Waals surface area contributed by atoms with Crippen molar-refractivity contribution >= 4 is 12.3 Å². The summed E-state index contributed by atoms with van der Waals surface area (Å²) in [6.07, 6.45) is 0.560. The van der Waals surface area contributed by atoms with Gasteiger partial charge in [-0.05, 0) is 18.2 Å². The van der Waals surface area contributed by atoms with Crippen molar-refractivity contribution in [1.29, 1.82) is 0 Å². The number of hydrogen-bond donors (Lipinski definition) is 0. The van der Waals surface area contributed by atoms with Crippen molar-refractivity contribution < 1.29 is 23.5 Å². The highest BCUT2D eigenvalue weighted by Crippen LogP contribution is 2.17. The van der Waals surface area contributed by atoms with Crippen molar-refractivity contribution in [2.45, 2.75) is 0 Å². The highest BCUT2D eigenvalue weighted by atomic mass is 19.1. The fourth-order valence-electron chi connectivity index (χ4n) is 0.899. The lowest BCUT2D eigenvalue weighted by atomic mass is 10.2. The lowest BCUT2D eigenvalue weighted by molar-refractivity contribution is -0.142. The molecule has 80 valence electrons. The molecule has 0 atom stereocenters. The molecule has 0 bridgehead atoms. The maximum absolute atomic E-state index is 13.1. The van der Waals surface area contributed by atoms with Gasteiger partial charge in [-0.2, -0.15) is 0 Å². The zero-order valence-corrected chi connectivity index (χ0v) is 8.03. The summed E-state index contributed by atoms with van der Waals surface area (Å²) in [6.45, 7) is -0.393. The van der Waals surface area contributed by atoms with Gasteiger partial charge >= 0.3 is 5.97 Å². The van der Waals surface area contributed by atoms with E-state index in [4.69, 9.17) is 4.74 Å². The molecule has 1 aromatic carbocycles. The zero-order valence-electron chi connectivity index (χ0n) is 8.03. The molecular weight excluding hydrogens is 203 g/mol. The Kier molecular flexibility index (Phi) is 3.79. The molecule has 0 aliphatic heterocycles. The van der Waals surface area contributed by atoms with Crippen LogP contribution < -0.4 is 4.74 Å². The van der Waals surface area contributed by atoms with Crippen molar-refractivity contribution in [1.82, 2.24) is 0 Å². The minimum absolute atomic E-state index is 0.148. The summed E-state index contributed by atoms with van der Waals surface area (Å²) in [5, 5.41) is 0. The van der Waals surface area contributed by atoms with Crippen molar-refractivity contribution in [2.24, 2.45) is 0 Å². The number of rotatable bonds is 4. The number of carbonyl (C=O) groups is 2. The summed E-state index contributed by atoms with van der Waals surface area (Å²) >= 11 is 0. The van der Waals surface area contributed by atoms with Crippen LogP contribution in [0.5, 0.6) is 5.75 Å². The molecule has 0 heterocycles.